The number of halogens is 2. The van der Waals surface area contributed by atoms with Crippen LogP contribution in [0.5, 0.6) is 5.75 Å². The van der Waals surface area contributed by atoms with E-state index in [-0.39, 0.29) is 6.61 Å². The highest BCUT2D eigenvalue weighted by Gasteiger charge is 2.26. The van der Waals surface area contributed by atoms with Gasteiger partial charge in [0, 0.05) is 10.7 Å². The monoisotopic (exact) mass is 365 g/mol. The van der Waals surface area contributed by atoms with Crippen LogP contribution in [-0.2, 0) is 5.60 Å². The average molecular weight is 366 g/mol. The molecule has 0 spiro atoms. The van der Waals surface area contributed by atoms with Crippen LogP contribution in [0.15, 0.2) is 47.3 Å². The molecule has 0 aliphatic rings. The summed E-state index contributed by atoms with van der Waals surface area (Å²) < 4.78 is 21.1. The SMILES string of the molecule is CC(O)(COc1cc(Br)cn2nccc12)c1ccc(F)cn1. The molecule has 3 aromatic heterocycles. The molecule has 7 heteroatoms. The predicted octanol–water partition coefficient (Wildman–Crippen LogP) is 2.92. The number of hydrogen-bond donors (Lipinski definition) is 1. The van der Waals surface area contributed by atoms with Gasteiger partial charge < -0.3 is 9.84 Å². The van der Waals surface area contributed by atoms with Gasteiger partial charge in [-0.2, -0.15) is 5.10 Å². The summed E-state index contributed by atoms with van der Waals surface area (Å²) in [5.74, 6) is 0.127. The van der Waals surface area contributed by atoms with E-state index in [4.69, 9.17) is 4.74 Å². The minimum Gasteiger partial charge on any atom is -0.488 e. The third kappa shape index (κ3) is 2.95. The Hall–Kier alpha value is -1.99. The number of rotatable bonds is 4. The number of hydrogen-bond acceptors (Lipinski definition) is 4. The van der Waals surface area contributed by atoms with Crippen LogP contribution in [0.2, 0.25) is 0 Å². The van der Waals surface area contributed by atoms with Crippen LogP contribution in [0.1, 0.15) is 12.6 Å². The normalized spacial score (nSPS) is 14.0. The summed E-state index contributed by atoms with van der Waals surface area (Å²) in [6.07, 6.45) is 4.54. The second kappa shape index (κ2) is 5.66. The van der Waals surface area contributed by atoms with Crippen molar-refractivity contribution in [1.82, 2.24) is 14.6 Å². The maximum absolute atomic E-state index is 12.9. The fourth-order valence-electron chi connectivity index (χ4n) is 2.07. The molecule has 114 valence electrons. The molecule has 0 fully saturated rings. The van der Waals surface area contributed by atoms with E-state index in [1.54, 1.807) is 23.7 Å². The Morgan fingerprint density at radius 3 is 2.95 bits per heavy atom. The molecule has 0 bridgehead atoms. The molecule has 1 atom stereocenters. The van der Waals surface area contributed by atoms with Crippen LogP contribution < -0.4 is 4.74 Å². The molecule has 0 aromatic carbocycles. The van der Waals surface area contributed by atoms with E-state index in [1.807, 2.05) is 12.3 Å². The lowest BCUT2D eigenvalue weighted by Crippen LogP contribution is -2.30. The van der Waals surface area contributed by atoms with Crippen molar-refractivity contribution in [3.8, 4) is 5.75 Å². The van der Waals surface area contributed by atoms with Gasteiger partial charge in [-0.05, 0) is 47.1 Å². The molecule has 0 amide bonds. The van der Waals surface area contributed by atoms with E-state index in [9.17, 15) is 9.50 Å². The van der Waals surface area contributed by atoms with Gasteiger partial charge in [-0.1, -0.05) is 0 Å². The molecule has 0 radical (unpaired) electrons. The Labute approximate surface area is 134 Å². The Bertz CT molecular complexity index is 802. The van der Waals surface area contributed by atoms with Gasteiger partial charge in [-0.3, -0.25) is 4.98 Å². The first-order valence-corrected chi connectivity index (χ1v) is 7.35. The minimum absolute atomic E-state index is 0.0249. The van der Waals surface area contributed by atoms with Gasteiger partial charge in [0.05, 0.1) is 18.1 Å². The van der Waals surface area contributed by atoms with Crippen LogP contribution in [-0.4, -0.2) is 26.3 Å². The average Bonchev–Trinajstić information content (AvgIpc) is 2.93. The molecule has 1 N–H and O–H groups in total. The zero-order chi connectivity index (χ0) is 15.7. The van der Waals surface area contributed by atoms with Gasteiger partial charge in [0.25, 0.3) is 0 Å². The van der Waals surface area contributed by atoms with Crippen molar-refractivity contribution in [2.45, 2.75) is 12.5 Å². The summed E-state index contributed by atoms with van der Waals surface area (Å²) in [5.41, 5.74) is -0.216. The molecule has 5 nitrogen and oxygen atoms in total. The van der Waals surface area contributed by atoms with Crippen molar-refractivity contribution in [1.29, 1.82) is 0 Å². The lowest BCUT2D eigenvalue weighted by Gasteiger charge is -2.23. The Morgan fingerprint density at radius 1 is 1.41 bits per heavy atom. The highest BCUT2D eigenvalue weighted by Crippen LogP contribution is 2.27. The zero-order valence-electron chi connectivity index (χ0n) is 11.7. The van der Waals surface area contributed by atoms with Crippen molar-refractivity contribution < 1.29 is 14.2 Å². The summed E-state index contributed by atoms with van der Waals surface area (Å²) >= 11 is 3.38. The summed E-state index contributed by atoms with van der Waals surface area (Å²) in [7, 11) is 0. The van der Waals surface area contributed by atoms with E-state index in [2.05, 4.69) is 26.0 Å². The molecule has 0 aliphatic heterocycles. The molecule has 1 unspecified atom stereocenters. The molecule has 3 rings (SSSR count). The minimum atomic E-state index is -1.34. The molecule has 0 saturated heterocycles. The predicted molar refractivity (Wildman–Crippen MR) is 82.2 cm³/mol. The van der Waals surface area contributed by atoms with Gasteiger partial charge in [0.15, 0.2) is 0 Å². The number of aromatic nitrogens is 3. The zero-order valence-corrected chi connectivity index (χ0v) is 13.3. The Morgan fingerprint density at radius 2 is 2.23 bits per heavy atom. The van der Waals surface area contributed by atoms with Gasteiger partial charge >= 0.3 is 0 Å². The molecular weight excluding hydrogens is 353 g/mol. The summed E-state index contributed by atoms with van der Waals surface area (Å²) in [4.78, 5) is 3.90. The number of fused-ring (bicyclic) bond motifs is 1. The standard InChI is InChI=1S/C15H13BrFN3O2/c1-15(21,14-3-2-11(17)7-18-14)9-22-13-6-10(16)8-20-12(13)4-5-19-20/h2-8,21H,9H2,1H3. The molecular formula is C15H13BrFN3O2. The number of aliphatic hydroxyl groups is 1. The van der Waals surface area contributed by atoms with Gasteiger partial charge in [-0.25, -0.2) is 8.91 Å². The maximum Gasteiger partial charge on any atom is 0.146 e. The lowest BCUT2D eigenvalue weighted by atomic mass is 10.0. The van der Waals surface area contributed by atoms with Gasteiger partial charge in [0.2, 0.25) is 0 Å². The summed E-state index contributed by atoms with van der Waals surface area (Å²) in [6, 6.07) is 6.30. The lowest BCUT2D eigenvalue weighted by molar-refractivity contribution is 0.00417. The largest absolute Gasteiger partial charge is 0.488 e. The number of ether oxygens (including phenoxy) is 1. The molecule has 0 aliphatic carbocycles. The topological polar surface area (TPSA) is 59.7 Å². The van der Waals surface area contributed by atoms with Gasteiger partial charge in [-0.15, -0.1) is 0 Å². The molecule has 3 aromatic rings. The van der Waals surface area contributed by atoms with E-state index in [0.717, 1.165) is 16.2 Å². The number of nitrogens with zero attached hydrogens (tertiary/aromatic N) is 3. The first-order chi connectivity index (χ1) is 10.5. The van der Waals surface area contributed by atoms with Crippen molar-refractivity contribution in [2.24, 2.45) is 0 Å². The van der Waals surface area contributed by atoms with Crippen LogP contribution in [0, 0.1) is 5.82 Å². The fraction of sp³-hybridized carbons (Fsp3) is 0.200. The quantitative estimate of drug-likeness (QED) is 0.772. The first-order valence-electron chi connectivity index (χ1n) is 6.56. The van der Waals surface area contributed by atoms with Crippen LogP contribution in [0.4, 0.5) is 4.39 Å². The maximum atomic E-state index is 12.9. The second-order valence-corrected chi connectivity index (χ2v) is 6.02. The molecule has 0 saturated carbocycles. The Kier molecular flexibility index (Phi) is 3.84. The van der Waals surface area contributed by atoms with Crippen molar-refractivity contribution >= 4 is 21.4 Å². The van der Waals surface area contributed by atoms with E-state index in [1.165, 1.54) is 12.1 Å². The van der Waals surface area contributed by atoms with Crippen molar-refractivity contribution in [2.75, 3.05) is 6.61 Å². The third-order valence-corrected chi connectivity index (χ3v) is 3.66. The highest BCUT2D eigenvalue weighted by molar-refractivity contribution is 9.10. The third-order valence-electron chi connectivity index (χ3n) is 3.23. The van der Waals surface area contributed by atoms with Crippen LogP contribution >= 0.6 is 15.9 Å². The molecule has 3 heterocycles. The van der Waals surface area contributed by atoms with Crippen molar-refractivity contribution in [3.05, 3.63) is 58.8 Å². The summed E-state index contributed by atoms with van der Waals surface area (Å²) in [5, 5.41) is 14.6. The molecule has 22 heavy (non-hydrogen) atoms. The van der Waals surface area contributed by atoms with Crippen molar-refractivity contribution in [3.63, 3.8) is 0 Å². The van der Waals surface area contributed by atoms with Crippen LogP contribution in [0.25, 0.3) is 5.52 Å². The van der Waals surface area contributed by atoms with E-state index in [0.29, 0.717) is 11.4 Å². The Balaban J connectivity index is 1.83. The van der Waals surface area contributed by atoms with E-state index < -0.39 is 11.4 Å². The highest BCUT2D eigenvalue weighted by atomic mass is 79.9. The fourth-order valence-corrected chi connectivity index (χ4v) is 2.47. The van der Waals surface area contributed by atoms with Crippen LogP contribution in [0.3, 0.4) is 0 Å². The van der Waals surface area contributed by atoms with E-state index >= 15 is 0 Å². The summed E-state index contributed by atoms with van der Waals surface area (Å²) in [6.45, 7) is 1.54. The second-order valence-electron chi connectivity index (χ2n) is 5.11. The smallest absolute Gasteiger partial charge is 0.146 e. The number of pyridine rings is 2. The van der Waals surface area contributed by atoms with Gasteiger partial charge in [0.1, 0.15) is 29.3 Å². The first kappa shape index (κ1) is 14.9.